The van der Waals surface area contributed by atoms with E-state index in [0.717, 1.165) is 34.0 Å². The molecule has 2 amide bonds. The number of carbonyl (C=O) groups is 2. The molecule has 3 aliphatic rings. The van der Waals surface area contributed by atoms with Crippen LogP contribution < -0.4 is 5.32 Å². The largest absolute Gasteiger partial charge is 0.342 e. The summed E-state index contributed by atoms with van der Waals surface area (Å²) in [6, 6.07) is 9.40. The van der Waals surface area contributed by atoms with Crippen LogP contribution >= 0.6 is 0 Å². The van der Waals surface area contributed by atoms with Crippen LogP contribution in [-0.4, -0.2) is 40.5 Å². The van der Waals surface area contributed by atoms with E-state index in [0.29, 0.717) is 24.4 Å². The fraction of sp³-hybridized carbons (Fsp3) is 0.318. The van der Waals surface area contributed by atoms with E-state index in [9.17, 15) is 18.0 Å². The van der Waals surface area contributed by atoms with Gasteiger partial charge in [-0.15, -0.1) is 0 Å². The lowest BCUT2D eigenvalue weighted by Gasteiger charge is -2.22. The number of carbonyl (C=O) groups excluding carboxylic acids is 2. The molecule has 0 unspecified atom stereocenters. The van der Waals surface area contributed by atoms with Crippen molar-refractivity contribution in [3.8, 4) is 0 Å². The van der Waals surface area contributed by atoms with Gasteiger partial charge in [0.15, 0.2) is 0 Å². The van der Waals surface area contributed by atoms with Crippen LogP contribution in [0.2, 0.25) is 0 Å². The lowest BCUT2D eigenvalue weighted by Crippen LogP contribution is -2.31. The number of H-pyrrole nitrogens is 1. The van der Waals surface area contributed by atoms with Crippen LogP contribution in [0.3, 0.4) is 0 Å². The first kappa shape index (κ1) is 18.6. The first-order chi connectivity index (χ1) is 14.9. The fourth-order valence-electron chi connectivity index (χ4n) is 4.24. The molecule has 2 fully saturated rings. The molecular weight excluding hydrogens is 416 g/mol. The molecule has 2 heterocycles. The minimum absolute atomic E-state index is 0.0915. The van der Waals surface area contributed by atoms with Gasteiger partial charge in [-0.1, -0.05) is 6.42 Å². The van der Waals surface area contributed by atoms with Gasteiger partial charge < -0.3 is 10.3 Å². The number of hydrogen-bond donors (Lipinski definition) is 2. The molecule has 2 aliphatic carbocycles. The normalized spacial score (nSPS) is 20.0. The minimum Gasteiger partial charge on any atom is -0.342 e. The predicted octanol–water partition coefficient (Wildman–Crippen LogP) is 3.39. The van der Waals surface area contributed by atoms with E-state index in [2.05, 4.69) is 15.3 Å². The number of fused-ring (bicyclic) bond motifs is 2. The van der Waals surface area contributed by atoms with Crippen molar-refractivity contribution in [3.63, 3.8) is 0 Å². The third-order valence-corrected chi connectivity index (χ3v) is 8.22. The molecule has 158 valence electrons. The fourth-order valence-corrected chi connectivity index (χ4v) is 6.09. The van der Waals surface area contributed by atoms with E-state index in [1.807, 2.05) is 12.1 Å². The van der Waals surface area contributed by atoms with E-state index in [4.69, 9.17) is 0 Å². The summed E-state index contributed by atoms with van der Waals surface area (Å²) in [7, 11) is -3.90. The number of anilines is 1. The van der Waals surface area contributed by atoms with Crippen molar-refractivity contribution in [1.82, 2.24) is 14.3 Å². The quantitative estimate of drug-likeness (QED) is 0.651. The minimum atomic E-state index is -3.90. The van der Waals surface area contributed by atoms with Gasteiger partial charge in [0, 0.05) is 23.2 Å². The van der Waals surface area contributed by atoms with E-state index >= 15 is 0 Å². The summed E-state index contributed by atoms with van der Waals surface area (Å²) < 4.78 is 26.6. The highest BCUT2D eigenvalue weighted by molar-refractivity contribution is 7.90. The van der Waals surface area contributed by atoms with Crippen LogP contribution in [0, 0.1) is 0 Å². The zero-order valence-corrected chi connectivity index (χ0v) is 17.4. The topological polar surface area (TPSA) is 112 Å². The Balaban J connectivity index is 1.27. The predicted molar refractivity (Wildman–Crippen MR) is 113 cm³/mol. The molecule has 3 aromatic rings. The third-order valence-electron chi connectivity index (χ3n) is 6.34. The smallest absolute Gasteiger partial charge is 0.269 e. The Labute approximate surface area is 178 Å². The molecule has 2 N–H and O–H groups in total. The summed E-state index contributed by atoms with van der Waals surface area (Å²) in [6.45, 7) is 0. The monoisotopic (exact) mass is 436 g/mol. The van der Waals surface area contributed by atoms with Gasteiger partial charge >= 0.3 is 0 Å². The number of hydrogen-bond acceptors (Lipinski definition) is 5. The highest BCUT2D eigenvalue weighted by atomic mass is 32.2. The number of aromatic amines is 1. The van der Waals surface area contributed by atoms with Crippen LogP contribution in [0.5, 0.6) is 0 Å². The Kier molecular flexibility index (Phi) is 3.83. The first-order valence-electron chi connectivity index (χ1n) is 10.5. The Morgan fingerprint density at radius 1 is 1.10 bits per heavy atom. The maximum Gasteiger partial charge on any atom is 0.269 e. The molecule has 8 nitrogen and oxygen atoms in total. The van der Waals surface area contributed by atoms with Gasteiger partial charge in [-0.2, -0.15) is 0 Å². The molecule has 1 aliphatic heterocycles. The van der Waals surface area contributed by atoms with Gasteiger partial charge in [-0.25, -0.2) is 17.7 Å². The number of imidazole rings is 1. The average Bonchev–Trinajstić information content (AvgIpc) is 3.40. The Hall–Kier alpha value is -3.20. The molecule has 0 bridgehead atoms. The zero-order valence-electron chi connectivity index (χ0n) is 16.6. The van der Waals surface area contributed by atoms with Crippen LogP contribution in [0.15, 0.2) is 41.3 Å². The molecular formula is C22H20N4O4S. The molecule has 2 aromatic carbocycles. The van der Waals surface area contributed by atoms with Crippen molar-refractivity contribution in [1.29, 1.82) is 0 Å². The second-order valence-electron chi connectivity index (χ2n) is 8.48. The third kappa shape index (κ3) is 2.87. The van der Waals surface area contributed by atoms with Gasteiger partial charge in [0.2, 0.25) is 0 Å². The number of amides is 2. The van der Waals surface area contributed by atoms with Crippen LogP contribution in [0.1, 0.15) is 64.6 Å². The van der Waals surface area contributed by atoms with Crippen LogP contribution in [0.4, 0.5) is 5.69 Å². The zero-order chi connectivity index (χ0) is 21.3. The number of benzene rings is 2. The number of rotatable bonds is 4. The van der Waals surface area contributed by atoms with Gasteiger partial charge in [-0.05, 0) is 62.1 Å². The summed E-state index contributed by atoms with van der Waals surface area (Å²) >= 11 is 0. The summed E-state index contributed by atoms with van der Waals surface area (Å²) in [5.41, 5.74) is 2.60. The lowest BCUT2D eigenvalue weighted by molar-refractivity contribution is 0.0864. The molecule has 6 rings (SSSR count). The van der Waals surface area contributed by atoms with E-state index in [1.165, 1.54) is 24.6 Å². The van der Waals surface area contributed by atoms with Gasteiger partial charge in [-0.3, -0.25) is 9.59 Å². The van der Waals surface area contributed by atoms with E-state index < -0.39 is 21.8 Å². The van der Waals surface area contributed by atoms with E-state index in [1.54, 1.807) is 6.07 Å². The van der Waals surface area contributed by atoms with E-state index in [-0.39, 0.29) is 22.1 Å². The van der Waals surface area contributed by atoms with Crippen molar-refractivity contribution in [2.75, 3.05) is 5.32 Å². The van der Waals surface area contributed by atoms with Crippen LogP contribution in [0.25, 0.3) is 11.0 Å². The second-order valence-corrected chi connectivity index (χ2v) is 10.3. The number of nitrogens with one attached hydrogen (secondary N) is 2. The van der Waals surface area contributed by atoms with Gasteiger partial charge in [0.05, 0.1) is 16.6 Å². The standard InChI is InChI=1S/C22H20N4O4S/c27-21(23-14-5-9-17-18(11-14)25-20(24-17)12-2-1-3-12)13-4-8-16-19(10-13)31(29,30)26(22(16)28)15-6-7-15/h4-5,8-12,15H,1-3,6-7H2,(H,23,27)(H,24,25). The maximum absolute atomic E-state index is 12.8. The van der Waals surface area contributed by atoms with Crippen molar-refractivity contribution < 1.29 is 18.0 Å². The maximum atomic E-state index is 12.8. The lowest BCUT2D eigenvalue weighted by atomic mass is 9.85. The molecule has 31 heavy (non-hydrogen) atoms. The summed E-state index contributed by atoms with van der Waals surface area (Å²) in [5.74, 6) is 0.528. The average molecular weight is 436 g/mol. The number of aromatic nitrogens is 2. The molecule has 2 saturated carbocycles. The van der Waals surface area contributed by atoms with Gasteiger partial charge in [0.1, 0.15) is 10.7 Å². The molecule has 0 radical (unpaired) electrons. The number of nitrogens with zero attached hydrogens (tertiary/aromatic N) is 2. The summed E-state index contributed by atoms with van der Waals surface area (Å²) in [4.78, 5) is 33.2. The second kappa shape index (κ2) is 6.40. The SMILES string of the molecule is O=C(Nc1ccc2nc(C3CCC3)[nH]c2c1)c1ccc2c(c1)S(=O)(=O)N(C1CC1)C2=O. The molecule has 1 aromatic heterocycles. The molecule has 0 atom stereocenters. The Morgan fingerprint density at radius 3 is 2.61 bits per heavy atom. The summed E-state index contributed by atoms with van der Waals surface area (Å²) in [5, 5.41) is 2.81. The molecule has 9 heteroatoms. The first-order valence-corrected chi connectivity index (χ1v) is 11.9. The van der Waals surface area contributed by atoms with Crippen molar-refractivity contribution in [2.45, 2.75) is 49.0 Å². The van der Waals surface area contributed by atoms with Gasteiger partial charge in [0.25, 0.3) is 21.8 Å². The Bertz CT molecular complexity index is 1370. The van der Waals surface area contributed by atoms with Crippen molar-refractivity contribution in [2.24, 2.45) is 0 Å². The van der Waals surface area contributed by atoms with Crippen molar-refractivity contribution >= 4 is 38.6 Å². The highest BCUT2D eigenvalue weighted by Crippen LogP contribution is 2.40. The Morgan fingerprint density at radius 2 is 1.90 bits per heavy atom. The van der Waals surface area contributed by atoms with Crippen molar-refractivity contribution in [3.05, 3.63) is 53.3 Å². The number of sulfonamides is 1. The summed E-state index contributed by atoms with van der Waals surface area (Å²) in [6.07, 6.45) is 4.88. The highest BCUT2D eigenvalue weighted by Gasteiger charge is 2.48. The van der Waals surface area contributed by atoms with Crippen LogP contribution in [-0.2, 0) is 10.0 Å². The molecule has 0 spiro atoms. The molecule has 0 saturated heterocycles.